The van der Waals surface area contributed by atoms with E-state index in [1.165, 1.54) is 0 Å². The van der Waals surface area contributed by atoms with Crippen LogP contribution in [0.3, 0.4) is 0 Å². The van der Waals surface area contributed by atoms with Crippen molar-refractivity contribution < 1.29 is 0 Å². The molecule has 0 aliphatic rings. The molecule has 1 heterocycles. The zero-order valence-electron chi connectivity index (χ0n) is 9.68. The molecule has 3 heteroatoms. The van der Waals surface area contributed by atoms with Crippen molar-refractivity contribution in [2.75, 3.05) is 11.9 Å². The van der Waals surface area contributed by atoms with E-state index in [9.17, 15) is 0 Å². The molecule has 0 unspecified atom stereocenters. The standard InChI is InChI=1S/C11H19N3/c1-6-12-11-10(7(2)3)13-8(4)9(5)14-11/h7H,6H2,1-5H3,(H,12,14). The van der Waals surface area contributed by atoms with Crippen LogP contribution in [0.2, 0.25) is 0 Å². The topological polar surface area (TPSA) is 37.8 Å². The lowest BCUT2D eigenvalue weighted by molar-refractivity contribution is 0.798. The SMILES string of the molecule is CCNc1nc(C)c(C)nc1C(C)C. The largest absolute Gasteiger partial charge is 0.369 e. The smallest absolute Gasteiger partial charge is 0.148 e. The van der Waals surface area contributed by atoms with Crippen molar-refractivity contribution in [3.63, 3.8) is 0 Å². The van der Waals surface area contributed by atoms with Gasteiger partial charge in [0.05, 0.1) is 17.1 Å². The number of aryl methyl sites for hydroxylation is 2. The third kappa shape index (κ3) is 2.22. The lowest BCUT2D eigenvalue weighted by Gasteiger charge is -2.13. The average molecular weight is 193 g/mol. The van der Waals surface area contributed by atoms with Crippen LogP contribution in [0.25, 0.3) is 0 Å². The third-order valence-electron chi connectivity index (χ3n) is 2.22. The molecule has 0 amide bonds. The maximum absolute atomic E-state index is 4.57. The monoisotopic (exact) mass is 193 g/mol. The summed E-state index contributed by atoms with van der Waals surface area (Å²) in [4.78, 5) is 9.08. The van der Waals surface area contributed by atoms with E-state index >= 15 is 0 Å². The first-order chi connectivity index (χ1) is 6.56. The minimum Gasteiger partial charge on any atom is -0.369 e. The van der Waals surface area contributed by atoms with Gasteiger partial charge in [-0.15, -0.1) is 0 Å². The van der Waals surface area contributed by atoms with Gasteiger partial charge in [-0.25, -0.2) is 4.98 Å². The van der Waals surface area contributed by atoms with E-state index in [0.29, 0.717) is 5.92 Å². The molecule has 1 aromatic rings. The Morgan fingerprint density at radius 1 is 1.14 bits per heavy atom. The lowest BCUT2D eigenvalue weighted by Crippen LogP contribution is -2.09. The van der Waals surface area contributed by atoms with Crippen LogP contribution in [0.4, 0.5) is 5.82 Å². The lowest BCUT2D eigenvalue weighted by atomic mass is 10.1. The predicted molar refractivity (Wildman–Crippen MR) is 59.8 cm³/mol. The number of hydrogen-bond donors (Lipinski definition) is 1. The van der Waals surface area contributed by atoms with E-state index in [4.69, 9.17) is 0 Å². The van der Waals surface area contributed by atoms with Crippen LogP contribution in [0.15, 0.2) is 0 Å². The molecule has 14 heavy (non-hydrogen) atoms. The number of hydrogen-bond acceptors (Lipinski definition) is 3. The molecule has 1 aromatic heterocycles. The fourth-order valence-electron chi connectivity index (χ4n) is 1.32. The molecule has 1 rings (SSSR count). The Morgan fingerprint density at radius 3 is 2.21 bits per heavy atom. The van der Waals surface area contributed by atoms with Gasteiger partial charge in [0.25, 0.3) is 0 Å². The van der Waals surface area contributed by atoms with E-state index in [1.54, 1.807) is 0 Å². The molecule has 78 valence electrons. The van der Waals surface area contributed by atoms with Crippen molar-refractivity contribution in [2.45, 2.75) is 40.5 Å². The van der Waals surface area contributed by atoms with E-state index in [0.717, 1.165) is 29.4 Å². The van der Waals surface area contributed by atoms with Gasteiger partial charge in [-0.05, 0) is 26.7 Å². The Kier molecular flexibility index (Phi) is 3.44. The van der Waals surface area contributed by atoms with E-state index < -0.39 is 0 Å². The number of aromatic nitrogens is 2. The highest BCUT2D eigenvalue weighted by molar-refractivity contribution is 5.43. The average Bonchev–Trinajstić information content (AvgIpc) is 2.11. The van der Waals surface area contributed by atoms with Gasteiger partial charge in [0.15, 0.2) is 0 Å². The summed E-state index contributed by atoms with van der Waals surface area (Å²) < 4.78 is 0. The summed E-state index contributed by atoms with van der Waals surface area (Å²) in [5.41, 5.74) is 3.09. The highest BCUT2D eigenvalue weighted by atomic mass is 15.0. The minimum atomic E-state index is 0.413. The molecule has 0 atom stereocenters. The number of nitrogens with zero attached hydrogens (tertiary/aromatic N) is 2. The van der Waals surface area contributed by atoms with Crippen LogP contribution in [0.1, 0.15) is 43.8 Å². The zero-order chi connectivity index (χ0) is 10.7. The first kappa shape index (κ1) is 11.0. The van der Waals surface area contributed by atoms with Crippen molar-refractivity contribution in [3.05, 3.63) is 17.1 Å². The van der Waals surface area contributed by atoms with Gasteiger partial charge in [-0.1, -0.05) is 13.8 Å². The molecular weight excluding hydrogens is 174 g/mol. The van der Waals surface area contributed by atoms with Gasteiger partial charge < -0.3 is 5.32 Å². The van der Waals surface area contributed by atoms with Gasteiger partial charge in [-0.3, -0.25) is 4.98 Å². The Labute approximate surface area is 86.0 Å². The molecule has 3 nitrogen and oxygen atoms in total. The van der Waals surface area contributed by atoms with Crippen molar-refractivity contribution in [3.8, 4) is 0 Å². The Morgan fingerprint density at radius 2 is 1.71 bits per heavy atom. The maximum atomic E-state index is 4.57. The van der Waals surface area contributed by atoms with Gasteiger partial charge in [-0.2, -0.15) is 0 Å². The molecule has 0 aromatic carbocycles. The summed E-state index contributed by atoms with van der Waals surface area (Å²) in [5, 5.41) is 3.25. The summed E-state index contributed by atoms with van der Waals surface area (Å²) in [5.74, 6) is 1.35. The molecule has 0 radical (unpaired) electrons. The molecule has 0 fully saturated rings. The van der Waals surface area contributed by atoms with Crippen LogP contribution in [0, 0.1) is 13.8 Å². The number of rotatable bonds is 3. The van der Waals surface area contributed by atoms with Crippen LogP contribution in [-0.4, -0.2) is 16.5 Å². The van der Waals surface area contributed by atoms with Crippen LogP contribution in [0.5, 0.6) is 0 Å². The first-order valence-corrected chi connectivity index (χ1v) is 5.15. The maximum Gasteiger partial charge on any atom is 0.148 e. The molecule has 0 spiro atoms. The summed E-state index contributed by atoms with van der Waals surface area (Å²) in [6, 6.07) is 0. The Hall–Kier alpha value is -1.12. The summed E-state index contributed by atoms with van der Waals surface area (Å²) >= 11 is 0. The summed E-state index contributed by atoms with van der Waals surface area (Å²) in [7, 11) is 0. The number of anilines is 1. The van der Waals surface area contributed by atoms with Crippen molar-refractivity contribution >= 4 is 5.82 Å². The van der Waals surface area contributed by atoms with E-state index in [2.05, 4.69) is 36.1 Å². The minimum absolute atomic E-state index is 0.413. The molecule has 0 bridgehead atoms. The normalized spacial score (nSPS) is 10.7. The molecule has 0 saturated heterocycles. The van der Waals surface area contributed by atoms with Gasteiger partial charge >= 0.3 is 0 Å². The van der Waals surface area contributed by atoms with Gasteiger partial charge in [0.2, 0.25) is 0 Å². The van der Waals surface area contributed by atoms with Crippen molar-refractivity contribution in [1.82, 2.24) is 9.97 Å². The molecule has 0 aliphatic carbocycles. The molecule has 0 aliphatic heterocycles. The van der Waals surface area contributed by atoms with Crippen LogP contribution >= 0.6 is 0 Å². The second-order valence-electron chi connectivity index (χ2n) is 3.81. The predicted octanol–water partition coefficient (Wildman–Crippen LogP) is 2.65. The Bertz CT molecular complexity index is 319. The third-order valence-corrected chi connectivity index (χ3v) is 2.22. The fourth-order valence-corrected chi connectivity index (χ4v) is 1.32. The Balaban J connectivity index is 3.17. The van der Waals surface area contributed by atoms with Crippen molar-refractivity contribution in [2.24, 2.45) is 0 Å². The second-order valence-corrected chi connectivity index (χ2v) is 3.81. The second kappa shape index (κ2) is 4.40. The fraction of sp³-hybridized carbons (Fsp3) is 0.636. The quantitative estimate of drug-likeness (QED) is 0.802. The summed E-state index contributed by atoms with van der Waals surface area (Å²) in [6.45, 7) is 11.2. The highest BCUT2D eigenvalue weighted by Gasteiger charge is 2.11. The molecular formula is C11H19N3. The zero-order valence-corrected chi connectivity index (χ0v) is 9.68. The van der Waals surface area contributed by atoms with Gasteiger partial charge in [0.1, 0.15) is 5.82 Å². The number of nitrogens with one attached hydrogen (secondary N) is 1. The van der Waals surface area contributed by atoms with Crippen LogP contribution < -0.4 is 5.32 Å². The van der Waals surface area contributed by atoms with E-state index in [-0.39, 0.29) is 0 Å². The van der Waals surface area contributed by atoms with Crippen molar-refractivity contribution in [1.29, 1.82) is 0 Å². The first-order valence-electron chi connectivity index (χ1n) is 5.15. The summed E-state index contributed by atoms with van der Waals surface area (Å²) in [6.07, 6.45) is 0. The molecule has 1 N–H and O–H groups in total. The van der Waals surface area contributed by atoms with Gasteiger partial charge in [0, 0.05) is 6.54 Å². The highest BCUT2D eigenvalue weighted by Crippen LogP contribution is 2.21. The molecule has 0 saturated carbocycles. The van der Waals surface area contributed by atoms with E-state index in [1.807, 2.05) is 13.8 Å². The van der Waals surface area contributed by atoms with Crippen LogP contribution in [-0.2, 0) is 0 Å².